The van der Waals surface area contributed by atoms with Gasteiger partial charge in [0.1, 0.15) is 0 Å². The summed E-state index contributed by atoms with van der Waals surface area (Å²) in [7, 11) is 0. The number of rotatable bonds is 6. The van der Waals surface area contributed by atoms with Crippen LogP contribution in [0.3, 0.4) is 0 Å². The minimum Gasteiger partial charge on any atom is -0.393 e. The molecule has 4 rings (SSSR count). The van der Waals surface area contributed by atoms with Crippen molar-refractivity contribution in [2.45, 2.75) is 37.8 Å². The van der Waals surface area contributed by atoms with E-state index in [1.165, 1.54) is 0 Å². The normalized spacial score (nSPS) is 24.3. The van der Waals surface area contributed by atoms with Crippen LogP contribution in [0.5, 0.6) is 0 Å². The fraction of sp³-hybridized carbons (Fsp3) is 0.500. The number of hydroxylamine groups is 2. The Kier molecular flexibility index (Phi) is 5.15. The molecule has 1 saturated heterocycles. The van der Waals surface area contributed by atoms with Crippen molar-refractivity contribution in [1.82, 2.24) is 15.4 Å². The Morgan fingerprint density at radius 2 is 2.23 bits per heavy atom. The molecule has 0 radical (unpaired) electrons. The van der Waals surface area contributed by atoms with E-state index in [9.17, 15) is 9.90 Å². The molecule has 2 heterocycles. The van der Waals surface area contributed by atoms with Crippen molar-refractivity contribution in [3.05, 3.63) is 42.1 Å². The number of aromatic nitrogens is 1. The van der Waals surface area contributed by atoms with Gasteiger partial charge in [-0.2, -0.15) is 5.06 Å². The topological polar surface area (TPSA) is 74.7 Å². The lowest BCUT2D eigenvalue weighted by Crippen LogP contribution is -2.42. The number of benzene rings is 1. The number of para-hydroxylation sites is 1. The standard InChI is InChI=1S/C20H25N3O3/c24-17-11-15(12-17)20(22-19(25)6-8-23-7-3-9-26-23)16-10-14-4-1-2-5-18(14)21-13-16/h1-2,4-5,10,13,15,17,20,24H,3,6-9,11-12H2,(H,22,25)/t15?,17?,20-/m0/s1. The number of nitrogens with one attached hydrogen (secondary N) is 1. The number of carbonyl (C=O) groups excluding carboxylic acids is 1. The third-order valence-electron chi connectivity index (χ3n) is 5.32. The lowest BCUT2D eigenvalue weighted by Gasteiger charge is -2.38. The maximum Gasteiger partial charge on any atom is 0.221 e. The second kappa shape index (κ2) is 7.70. The van der Waals surface area contributed by atoms with Crippen LogP contribution in [0.15, 0.2) is 36.5 Å². The lowest BCUT2D eigenvalue weighted by atomic mass is 9.75. The van der Waals surface area contributed by atoms with Gasteiger partial charge in [-0.05, 0) is 42.9 Å². The van der Waals surface area contributed by atoms with E-state index in [0.29, 0.717) is 25.8 Å². The molecule has 0 spiro atoms. The molecule has 2 fully saturated rings. The molecule has 2 N–H and O–H groups in total. The van der Waals surface area contributed by atoms with Crippen LogP contribution in [0.1, 0.15) is 37.3 Å². The van der Waals surface area contributed by atoms with Gasteiger partial charge in [-0.25, -0.2) is 0 Å². The number of fused-ring (bicyclic) bond motifs is 1. The Hall–Kier alpha value is -2.02. The minimum atomic E-state index is -0.259. The van der Waals surface area contributed by atoms with Crippen molar-refractivity contribution >= 4 is 16.8 Å². The van der Waals surface area contributed by atoms with E-state index in [0.717, 1.165) is 36.0 Å². The van der Waals surface area contributed by atoms with Gasteiger partial charge in [0.2, 0.25) is 5.91 Å². The molecule has 2 aromatic rings. The zero-order valence-corrected chi connectivity index (χ0v) is 14.8. The van der Waals surface area contributed by atoms with E-state index in [1.807, 2.05) is 35.5 Å². The van der Waals surface area contributed by atoms with Gasteiger partial charge in [0, 0.05) is 31.1 Å². The van der Waals surface area contributed by atoms with Crippen molar-refractivity contribution in [1.29, 1.82) is 0 Å². The summed E-state index contributed by atoms with van der Waals surface area (Å²) in [6, 6.07) is 9.96. The van der Waals surface area contributed by atoms with Crippen molar-refractivity contribution in [2.75, 3.05) is 19.7 Å². The summed E-state index contributed by atoms with van der Waals surface area (Å²) < 4.78 is 0. The molecule has 1 atom stereocenters. The molecule has 1 saturated carbocycles. The number of hydrogen-bond donors (Lipinski definition) is 2. The van der Waals surface area contributed by atoms with Crippen LogP contribution >= 0.6 is 0 Å². The number of aliphatic hydroxyl groups excluding tert-OH is 1. The van der Waals surface area contributed by atoms with Gasteiger partial charge < -0.3 is 10.4 Å². The molecule has 0 bridgehead atoms. The van der Waals surface area contributed by atoms with Crippen LogP contribution in [0.2, 0.25) is 0 Å². The van der Waals surface area contributed by atoms with Crippen LogP contribution in [0, 0.1) is 5.92 Å². The average molecular weight is 355 g/mol. The lowest BCUT2D eigenvalue weighted by molar-refractivity contribution is -0.131. The van der Waals surface area contributed by atoms with E-state index in [1.54, 1.807) is 0 Å². The maximum atomic E-state index is 12.5. The molecule has 138 valence electrons. The highest BCUT2D eigenvalue weighted by atomic mass is 16.7. The maximum absolute atomic E-state index is 12.5. The smallest absolute Gasteiger partial charge is 0.221 e. The summed E-state index contributed by atoms with van der Waals surface area (Å²) in [5, 5.41) is 15.8. The molecule has 26 heavy (non-hydrogen) atoms. The number of hydrogen-bond acceptors (Lipinski definition) is 5. The fourth-order valence-corrected chi connectivity index (χ4v) is 3.78. The molecule has 1 aliphatic heterocycles. The Bertz CT molecular complexity index is 770. The van der Waals surface area contributed by atoms with Crippen molar-refractivity contribution in [2.24, 2.45) is 5.92 Å². The van der Waals surface area contributed by atoms with Crippen LogP contribution in [0.25, 0.3) is 10.9 Å². The van der Waals surface area contributed by atoms with Crippen molar-refractivity contribution < 1.29 is 14.7 Å². The predicted molar refractivity (Wildman–Crippen MR) is 98.1 cm³/mol. The zero-order chi connectivity index (χ0) is 17.9. The SMILES string of the molecule is O=C(CCN1CCCO1)N[C@H](c1cnc2ccccc2c1)C1CC(O)C1. The summed E-state index contributed by atoms with van der Waals surface area (Å²) in [6.07, 6.45) is 4.45. The van der Waals surface area contributed by atoms with E-state index in [-0.39, 0.29) is 24.0 Å². The number of amides is 1. The highest BCUT2D eigenvalue weighted by Crippen LogP contribution is 2.38. The molecule has 1 aromatic carbocycles. The summed E-state index contributed by atoms with van der Waals surface area (Å²) in [4.78, 5) is 22.5. The number of nitrogens with zero attached hydrogens (tertiary/aromatic N) is 2. The molecule has 6 nitrogen and oxygen atoms in total. The average Bonchev–Trinajstić information content (AvgIpc) is 3.15. The van der Waals surface area contributed by atoms with E-state index >= 15 is 0 Å². The van der Waals surface area contributed by atoms with Gasteiger partial charge in [0.25, 0.3) is 0 Å². The van der Waals surface area contributed by atoms with Gasteiger partial charge in [0.15, 0.2) is 0 Å². The molecule has 1 aromatic heterocycles. The van der Waals surface area contributed by atoms with Crippen LogP contribution in [0.4, 0.5) is 0 Å². The second-order valence-electron chi connectivity index (χ2n) is 7.26. The monoisotopic (exact) mass is 355 g/mol. The second-order valence-corrected chi connectivity index (χ2v) is 7.26. The quantitative estimate of drug-likeness (QED) is 0.831. The first-order valence-electron chi connectivity index (χ1n) is 9.39. The van der Waals surface area contributed by atoms with Crippen LogP contribution in [-0.2, 0) is 9.63 Å². The molecule has 1 aliphatic carbocycles. The van der Waals surface area contributed by atoms with Crippen LogP contribution in [-0.4, -0.2) is 46.9 Å². The molecule has 0 unspecified atom stereocenters. The summed E-state index contributed by atoms with van der Waals surface area (Å²) >= 11 is 0. The van der Waals surface area contributed by atoms with Gasteiger partial charge >= 0.3 is 0 Å². The summed E-state index contributed by atoms with van der Waals surface area (Å²) in [6.45, 7) is 2.24. The van der Waals surface area contributed by atoms with Crippen molar-refractivity contribution in [3.63, 3.8) is 0 Å². The first-order valence-corrected chi connectivity index (χ1v) is 9.39. The Balaban J connectivity index is 1.47. The molecule has 6 heteroatoms. The number of carbonyl (C=O) groups is 1. The van der Waals surface area contributed by atoms with Gasteiger partial charge in [0.05, 0.1) is 24.3 Å². The Morgan fingerprint density at radius 3 is 3.00 bits per heavy atom. The predicted octanol–water partition coefficient (Wildman–Crippen LogP) is 2.19. The molecular formula is C20H25N3O3. The van der Waals surface area contributed by atoms with Gasteiger partial charge in [-0.1, -0.05) is 18.2 Å². The summed E-state index contributed by atoms with van der Waals surface area (Å²) in [5.41, 5.74) is 1.95. The number of pyridine rings is 1. The molecular weight excluding hydrogens is 330 g/mol. The van der Waals surface area contributed by atoms with E-state index in [2.05, 4.69) is 16.4 Å². The zero-order valence-electron chi connectivity index (χ0n) is 14.8. The van der Waals surface area contributed by atoms with Gasteiger partial charge in [-0.15, -0.1) is 0 Å². The molecule has 1 amide bonds. The number of aliphatic hydroxyl groups is 1. The Morgan fingerprint density at radius 1 is 1.38 bits per heavy atom. The third kappa shape index (κ3) is 3.87. The minimum absolute atomic E-state index is 0.0139. The van der Waals surface area contributed by atoms with Crippen LogP contribution < -0.4 is 5.32 Å². The highest BCUT2D eigenvalue weighted by molar-refractivity contribution is 5.80. The Labute approximate surface area is 153 Å². The van der Waals surface area contributed by atoms with Gasteiger partial charge in [-0.3, -0.25) is 14.6 Å². The van der Waals surface area contributed by atoms with Crippen molar-refractivity contribution in [3.8, 4) is 0 Å². The first kappa shape index (κ1) is 17.4. The van der Waals surface area contributed by atoms with E-state index in [4.69, 9.17) is 4.84 Å². The summed E-state index contributed by atoms with van der Waals surface area (Å²) in [5.74, 6) is 0.264. The third-order valence-corrected chi connectivity index (χ3v) is 5.32. The fourth-order valence-electron chi connectivity index (χ4n) is 3.78. The largest absolute Gasteiger partial charge is 0.393 e. The van der Waals surface area contributed by atoms with E-state index < -0.39 is 0 Å². The highest BCUT2D eigenvalue weighted by Gasteiger charge is 2.36. The first-order chi connectivity index (χ1) is 12.7. The molecule has 2 aliphatic rings.